The van der Waals surface area contributed by atoms with Crippen molar-refractivity contribution in [3.63, 3.8) is 0 Å². The fourth-order valence-electron chi connectivity index (χ4n) is 1.58. The molecule has 0 spiro atoms. The standard InChI is InChI=1S/C12H15ClN2O2/c1-12(7-17-8-12)6-14-11(16)15-10-5-3-2-4-9(10)13/h2-5H,6-8H2,1H3,(H2,14,15,16). The normalized spacial score (nSPS) is 17.1. The Morgan fingerprint density at radius 3 is 2.76 bits per heavy atom. The third-order valence-electron chi connectivity index (χ3n) is 2.70. The monoisotopic (exact) mass is 254 g/mol. The van der Waals surface area contributed by atoms with Crippen LogP contribution in [0.15, 0.2) is 24.3 Å². The third kappa shape index (κ3) is 3.11. The van der Waals surface area contributed by atoms with Crippen LogP contribution < -0.4 is 10.6 Å². The summed E-state index contributed by atoms with van der Waals surface area (Å²) in [5, 5.41) is 6.05. The van der Waals surface area contributed by atoms with Crippen molar-refractivity contribution in [2.75, 3.05) is 25.1 Å². The second-order valence-electron chi connectivity index (χ2n) is 4.59. The van der Waals surface area contributed by atoms with Gasteiger partial charge in [-0.3, -0.25) is 0 Å². The van der Waals surface area contributed by atoms with Gasteiger partial charge in [0.25, 0.3) is 0 Å². The largest absolute Gasteiger partial charge is 0.380 e. The number of benzene rings is 1. The Morgan fingerprint density at radius 1 is 1.47 bits per heavy atom. The Labute approximate surface area is 105 Å². The Hall–Kier alpha value is -1.26. The molecule has 2 amide bonds. The first-order valence-corrected chi connectivity index (χ1v) is 5.84. The smallest absolute Gasteiger partial charge is 0.319 e. The van der Waals surface area contributed by atoms with Crippen LogP contribution in [0.3, 0.4) is 0 Å². The first kappa shape index (κ1) is 12.2. The fourth-order valence-corrected chi connectivity index (χ4v) is 1.76. The molecule has 0 aliphatic carbocycles. The Morgan fingerprint density at radius 2 is 2.18 bits per heavy atom. The summed E-state index contributed by atoms with van der Waals surface area (Å²) in [6.45, 7) is 4.06. The number of carbonyl (C=O) groups excluding carboxylic acids is 1. The number of amides is 2. The van der Waals surface area contributed by atoms with E-state index in [1.165, 1.54) is 0 Å². The molecule has 4 nitrogen and oxygen atoms in total. The summed E-state index contributed by atoms with van der Waals surface area (Å²) in [6, 6.07) is 6.89. The van der Waals surface area contributed by atoms with Crippen LogP contribution in [0.2, 0.25) is 5.02 Å². The zero-order valence-electron chi connectivity index (χ0n) is 9.63. The molecule has 1 saturated heterocycles. The van der Waals surface area contributed by atoms with E-state index in [2.05, 4.69) is 17.6 Å². The van der Waals surface area contributed by atoms with E-state index in [0.29, 0.717) is 30.5 Å². The maximum Gasteiger partial charge on any atom is 0.319 e. The van der Waals surface area contributed by atoms with E-state index in [4.69, 9.17) is 16.3 Å². The average Bonchev–Trinajstić information content (AvgIpc) is 2.27. The van der Waals surface area contributed by atoms with Gasteiger partial charge in [-0.25, -0.2) is 4.79 Å². The summed E-state index contributed by atoms with van der Waals surface area (Å²) < 4.78 is 5.11. The Kier molecular flexibility index (Phi) is 3.54. The maximum atomic E-state index is 11.6. The predicted octanol–water partition coefficient (Wildman–Crippen LogP) is 2.50. The number of nitrogens with one attached hydrogen (secondary N) is 2. The summed E-state index contributed by atoms with van der Waals surface area (Å²) >= 11 is 5.93. The second kappa shape index (κ2) is 4.94. The molecule has 1 heterocycles. The van der Waals surface area contributed by atoms with Gasteiger partial charge in [-0.05, 0) is 12.1 Å². The highest BCUT2D eigenvalue weighted by molar-refractivity contribution is 6.33. The SMILES string of the molecule is CC1(CNC(=O)Nc2ccccc2Cl)COC1. The van der Waals surface area contributed by atoms with E-state index < -0.39 is 0 Å². The molecular formula is C12H15ClN2O2. The molecule has 1 aliphatic heterocycles. The molecule has 1 aromatic carbocycles. The van der Waals surface area contributed by atoms with Crippen LogP contribution in [0.4, 0.5) is 10.5 Å². The minimum Gasteiger partial charge on any atom is -0.380 e. The van der Waals surface area contributed by atoms with Gasteiger partial charge in [0.05, 0.1) is 23.9 Å². The number of carbonyl (C=O) groups is 1. The van der Waals surface area contributed by atoms with Gasteiger partial charge >= 0.3 is 6.03 Å². The van der Waals surface area contributed by atoms with Gasteiger partial charge < -0.3 is 15.4 Å². The van der Waals surface area contributed by atoms with Gasteiger partial charge in [-0.2, -0.15) is 0 Å². The molecule has 0 bridgehead atoms. The van der Waals surface area contributed by atoms with Crippen LogP contribution in [0.1, 0.15) is 6.92 Å². The van der Waals surface area contributed by atoms with Gasteiger partial charge in [0.15, 0.2) is 0 Å². The van der Waals surface area contributed by atoms with E-state index in [1.54, 1.807) is 12.1 Å². The maximum absolute atomic E-state index is 11.6. The number of hydrogen-bond donors (Lipinski definition) is 2. The average molecular weight is 255 g/mol. The highest BCUT2D eigenvalue weighted by Crippen LogP contribution is 2.25. The molecule has 2 rings (SSSR count). The number of anilines is 1. The molecular weight excluding hydrogens is 240 g/mol. The molecule has 0 aromatic heterocycles. The van der Waals surface area contributed by atoms with Crippen LogP contribution in [0.25, 0.3) is 0 Å². The number of para-hydroxylation sites is 1. The number of rotatable bonds is 3. The first-order chi connectivity index (χ1) is 8.09. The molecule has 0 unspecified atom stereocenters. The van der Waals surface area contributed by atoms with Crippen molar-refractivity contribution in [1.29, 1.82) is 0 Å². The quantitative estimate of drug-likeness (QED) is 0.871. The van der Waals surface area contributed by atoms with Gasteiger partial charge in [0.2, 0.25) is 0 Å². The van der Waals surface area contributed by atoms with Crippen molar-refractivity contribution in [2.45, 2.75) is 6.92 Å². The van der Waals surface area contributed by atoms with Gasteiger partial charge in [-0.1, -0.05) is 30.7 Å². The van der Waals surface area contributed by atoms with Crippen molar-refractivity contribution in [3.05, 3.63) is 29.3 Å². The van der Waals surface area contributed by atoms with Crippen LogP contribution in [-0.2, 0) is 4.74 Å². The lowest BCUT2D eigenvalue weighted by atomic mass is 9.89. The summed E-state index contributed by atoms with van der Waals surface area (Å²) in [5.74, 6) is 0. The Balaban J connectivity index is 1.83. The van der Waals surface area contributed by atoms with E-state index in [0.717, 1.165) is 0 Å². The molecule has 0 radical (unpaired) electrons. The minimum absolute atomic E-state index is 0.0673. The Bertz CT molecular complexity index is 419. The predicted molar refractivity (Wildman–Crippen MR) is 67.4 cm³/mol. The van der Waals surface area contributed by atoms with Crippen LogP contribution in [0, 0.1) is 5.41 Å². The second-order valence-corrected chi connectivity index (χ2v) is 5.00. The lowest BCUT2D eigenvalue weighted by molar-refractivity contribution is -0.0974. The van der Waals surface area contributed by atoms with Crippen molar-refractivity contribution in [2.24, 2.45) is 5.41 Å². The van der Waals surface area contributed by atoms with Gasteiger partial charge in [-0.15, -0.1) is 0 Å². The van der Waals surface area contributed by atoms with Crippen molar-refractivity contribution >= 4 is 23.3 Å². The molecule has 17 heavy (non-hydrogen) atoms. The fraction of sp³-hybridized carbons (Fsp3) is 0.417. The molecule has 1 aliphatic rings. The van der Waals surface area contributed by atoms with Crippen molar-refractivity contribution in [3.8, 4) is 0 Å². The summed E-state index contributed by atoms with van der Waals surface area (Å²) in [5.41, 5.74) is 0.680. The van der Waals surface area contributed by atoms with Crippen molar-refractivity contribution < 1.29 is 9.53 Å². The molecule has 0 saturated carbocycles. The number of ether oxygens (including phenoxy) is 1. The van der Waals surface area contributed by atoms with E-state index >= 15 is 0 Å². The zero-order valence-corrected chi connectivity index (χ0v) is 10.4. The third-order valence-corrected chi connectivity index (χ3v) is 3.03. The number of urea groups is 1. The highest BCUT2D eigenvalue weighted by Gasteiger charge is 2.33. The number of halogens is 1. The highest BCUT2D eigenvalue weighted by atomic mass is 35.5. The van der Waals surface area contributed by atoms with Crippen LogP contribution in [0.5, 0.6) is 0 Å². The summed E-state index contributed by atoms with van der Waals surface area (Å²) in [6.07, 6.45) is 0. The number of hydrogen-bond acceptors (Lipinski definition) is 2. The summed E-state index contributed by atoms with van der Waals surface area (Å²) in [4.78, 5) is 11.6. The van der Waals surface area contributed by atoms with Gasteiger partial charge in [0.1, 0.15) is 0 Å². The molecule has 5 heteroatoms. The molecule has 0 atom stereocenters. The van der Waals surface area contributed by atoms with Gasteiger partial charge in [0, 0.05) is 12.0 Å². The van der Waals surface area contributed by atoms with Crippen LogP contribution >= 0.6 is 11.6 Å². The molecule has 2 N–H and O–H groups in total. The van der Waals surface area contributed by atoms with E-state index in [9.17, 15) is 4.79 Å². The van der Waals surface area contributed by atoms with E-state index in [1.807, 2.05) is 12.1 Å². The lowest BCUT2D eigenvalue weighted by Gasteiger charge is -2.37. The lowest BCUT2D eigenvalue weighted by Crippen LogP contribution is -2.49. The molecule has 92 valence electrons. The van der Waals surface area contributed by atoms with E-state index in [-0.39, 0.29) is 11.4 Å². The zero-order chi connectivity index (χ0) is 12.3. The molecule has 1 fully saturated rings. The molecule has 1 aromatic rings. The summed E-state index contributed by atoms with van der Waals surface area (Å²) in [7, 11) is 0. The topological polar surface area (TPSA) is 50.4 Å². The first-order valence-electron chi connectivity index (χ1n) is 5.46. The van der Waals surface area contributed by atoms with Crippen molar-refractivity contribution in [1.82, 2.24) is 5.32 Å². The minimum atomic E-state index is -0.244. The van der Waals surface area contributed by atoms with Crippen LogP contribution in [-0.4, -0.2) is 25.8 Å².